The Hall–Kier alpha value is -2.34. The molecule has 0 radical (unpaired) electrons. The maximum atomic E-state index is 13.0. The maximum absolute atomic E-state index is 13.0. The van der Waals surface area contributed by atoms with Gasteiger partial charge in [0.05, 0.1) is 39.6 Å². The molecule has 1 fully saturated rings. The highest BCUT2D eigenvalue weighted by Crippen LogP contribution is 2.28. The summed E-state index contributed by atoms with van der Waals surface area (Å²) in [6, 6.07) is 9.51. The van der Waals surface area contributed by atoms with Crippen LogP contribution in [0, 0.1) is 0 Å². The van der Waals surface area contributed by atoms with Crippen LogP contribution in [0.3, 0.4) is 0 Å². The Morgan fingerprint density at radius 2 is 1.90 bits per heavy atom. The fraction of sp³-hybridized carbons (Fsp3) is 0.300. The predicted molar refractivity (Wildman–Crippen MR) is 123 cm³/mol. The number of nitrogens with zero attached hydrogens (tertiary/aromatic N) is 2. The van der Waals surface area contributed by atoms with Crippen LogP contribution >= 0.6 is 23.1 Å². The second kappa shape index (κ2) is 8.65. The molecule has 31 heavy (non-hydrogen) atoms. The molecule has 1 N–H and O–H groups in total. The van der Waals surface area contributed by atoms with Gasteiger partial charge in [0.25, 0.3) is 15.9 Å². The van der Waals surface area contributed by atoms with Gasteiger partial charge >= 0.3 is 4.87 Å². The molecule has 0 spiro atoms. The molecular formula is C20H21N3O5S3. The molecule has 0 bridgehead atoms. The van der Waals surface area contributed by atoms with Gasteiger partial charge in [-0.3, -0.25) is 14.3 Å². The lowest BCUT2D eigenvalue weighted by Gasteiger charge is -2.27. The van der Waals surface area contributed by atoms with Crippen molar-refractivity contribution in [3.8, 4) is 0 Å². The number of carbonyl (C=O) groups excluding carboxylic acids is 1. The Kier molecular flexibility index (Phi) is 6.11. The lowest BCUT2D eigenvalue weighted by molar-refractivity contribution is 0.0300. The largest absolute Gasteiger partial charge is 0.378 e. The van der Waals surface area contributed by atoms with Gasteiger partial charge in [-0.25, -0.2) is 8.42 Å². The number of thiazole rings is 1. The monoisotopic (exact) mass is 479 g/mol. The molecular weight excluding hydrogens is 458 g/mol. The van der Waals surface area contributed by atoms with Crippen molar-refractivity contribution in [2.75, 3.05) is 37.3 Å². The van der Waals surface area contributed by atoms with Crippen molar-refractivity contribution in [3.05, 3.63) is 51.6 Å². The predicted octanol–water partition coefficient (Wildman–Crippen LogP) is 2.60. The lowest BCUT2D eigenvalue weighted by atomic mass is 10.2. The van der Waals surface area contributed by atoms with E-state index in [4.69, 9.17) is 4.74 Å². The molecule has 164 valence electrons. The number of hydrogen-bond donors (Lipinski definition) is 1. The number of rotatable bonds is 5. The van der Waals surface area contributed by atoms with E-state index in [1.165, 1.54) is 28.5 Å². The molecule has 0 saturated carbocycles. The number of fused-ring (bicyclic) bond motifs is 1. The third kappa shape index (κ3) is 4.36. The van der Waals surface area contributed by atoms with Crippen molar-refractivity contribution in [2.24, 2.45) is 7.05 Å². The maximum Gasteiger partial charge on any atom is 0.307 e. The fourth-order valence-electron chi connectivity index (χ4n) is 3.37. The zero-order chi connectivity index (χ0) is 22.2. The van der Waals surface area contributed by atoms with Crippen LogP contribution in [0.5, 0.6) is 0 Å². The molecule has 1 amide bonds. The van der Waals surface area contributed by atoms with Crippen molar-refractivity contribution in [3.63, 3.8) is 0 Å². The molecule has 1 aliphatic rings. The molecule has 0 aliphatic carbocycles. The number of morpholine rings is 1. The number of carbonyl (C=O) groups is 1. The van der Waals surface area contributed by atoms with E-state index in [1.807, 2.05) is 6.26 Å². The summed E-state index contributed by atoms with van der Waals surface area (Å²) in [5.74, 6) is -0.208. The SMILES string of the molecule is CSc1ccc(S(=O)(=O)Nc2ccc3c(c2)sc(=O)n3C)cc1C(=O)N1CCOCC1. The minimum Gasteiger partial charge on any atom is -0.378 e. The first-order valence-corrected chi connectivity index (χ1v) is 13.0. The first-order chi connectivity index (χ1) is 14.8. The molecule has 1 saturated heterocycles. The minimum absolute atomic E-state index is 0.00301. The molecule has 0 atom stereocenters. The number of aryl methyl sites for hydroxylation is 1. The third-order valence-electron chi connectivity index (χ3n) is 5.05. The highest BCUT2D eigenvalue weighted by atomic mass is 32.2. The van der Waals surface area contributed by atoms with Crippen LogP contribution < -0.4 is 9.60 Å². The molecule has 8 nitrogen and oxygen atoms in total. The second-order valence-corrected chi connectivity index (χ2v) is 10.5. The van der Waals surface area contributed by atoms with Crippen molar-refractivity contribution >= 4 is 54.9 Å². The normalized spacial score (nSPS) is 14.7. The summed E-state index contributed by atoms with van der Waals surface area (Å²) in [6.07, 6.45) is 1.85. The zero-order valence-electron chi connectivity index (χ0n) is 17.0. The summed E-state index contributed by atoms with van der Waals surface area (Å²) in [4.78, 5) is 27.1. The van der Waals surface area contributed by atoms with Gasteiger partial charge in [0.1, 0.15) is 0 Å². The average molecular weight is 480 g/mol. The molecule has 4 rings (SSSR count). The van der Waals surface area contributed by atoms with E-state index in [9.17, 15) is 18.0 Å². The van der Waals surface area contributed by atoms with Gasteiger partial charge in [-0.1, -0.05) is 11.3 Å². The zero-order valence-corrected chi connectivity index (χ0v) is 19.4. The molecule has 3 aromatic rings. The molecule has 0 unspecified atom stereocenters. The molecule has 1 aromatic heterocycles. The summed E-state index contributed by atoms with van der Waals surface area (Å²) in [5, 5.41) is 0. The Morgan fingerprint density at radius 3 is 2.61 bits per heavy atom. The van der Waals surface area contributed by atoms with Crippen LogP contribution in [0.2, 0.25) is 0 Å². The van der Waals surface area contributed by atoms with Crippen LogP contribution in [0.4, 0.5) is 5.69 Å². The van der Waals surface area contributed by atoms with Crippen molar-refractivity contribution in [1.29, 1.82) is 0 Å². The van der Waals surface area contributed by atoms with Gasteiger partial charge < -0.3 is 14.2 Å². The summed E-state index contributed by atoms with van der Waals surface area (Å²) >= 11 is 2.44. The third-order valence-corrected chi connectivity index (χ3v) is 8.22. The van der Waals surface area contributed by atoms with Gasteiger partial charge in [0, 0.05) is 25.0 Å². The molecule has 2 aromatic carbocycles. The quantitative estimate of drug-likeness (QED) is 0.565. The first kappa shape index (κ1) is 21.9. The Bertz CT molecular complexity index is 1310. The number of nitrogens with one attached hydrogen (secondary N) is 1. The van der Waals surface area contributed by atoms with Crippen LogP contribution in [0.1, 0.15) is 10.4 Å². The topological polar surface area (TPSA) is 97.7 Å². The lowest BCUT2D eigenvalue weighted by Crippen LogP contribution is -2.40. The summed E-state index contributed by atoms with van der Waals surface area (Å²) in [5.41, 5.74) is 1.44. The summed E-state index contributed by atoms with van der Waals surface area (Å²) in [6.45, 7) is 1.88. The standard InChI is InChI=1S/C20H21N3O5S3/c1-22-16-5-3-13(11-18(16)30-20(22)25)21-31(26,27)14-4-6-17(29-2)15(12-14)19(24)23-7-9-28-10-8-23/h3-6,11-12,21H,7-10H2,1-2H3. The second-order valence-electron chi connectivity index (χ2n) is 6.98. The van der Waals surface area contributed by atoms with Crippen molar-refractivity contribution in [1.82, 2.24) is 9.47 Å². The first-order valence-electron chi connectivity index (χ1n) is 9.47. The van der Waals surface area contributed by atoms with Gasteiger partial charge in [0.15, 0.2) is 0 Å². The number of sulfonamides is 1. The van der Waals surface area contributed by atoms with Crippen LogP contribution in [-0.4, -0.2) is 56.4 Å². The van der Waals surface area contributed by atoms with Gasteiger partial charge in [-0.15, -0.1) is 11.8 Å². The summed E-state index contributed by atoms with van der Waals surface area (Å²) in [7, 11) is -2.26. The van der Waals surface area contributed by atoms with Gasteiger partial charge in [-0.2, -0.15) is 0 Å². The number of ether oxygens (including phenoxy) is 1. The van der Waals surface area contributed by atoms with Crippen molar-refractivity contribution < 1.29 is 17.9 Å². The number of thioether (sulfide) groups is 1. The minimum atomic E-state index is -3.93. The van der Waals surface area contributed by atoms with E-state index in [0.717, 1.165) is 16.9 Å². The average Bonchev–Trinajstić information content (AvgIpc) is 3.06. The number of anilines is 1. The number of benzene rings is 2. The Morgan fingerprint density at radius 1 is 1.16 bits per heavy atom. The molecule has 2 heterocycles. The molecule has 11 heteroatoms. The van der Waals surface area contributed by atoms with Crippen molar-refractivity contribution in [2.45, 2.75) is 9.79 Å². The van der Waals surface area contributed by atoms with E-state index >= 15 is 0 Å². The van der Waals surface area contributed by atoms with E-state index in [-0.39, 0.29) is 15.7 Å². The smallest absolute Gasteiger partial charge is 0.307 e. The van der Waals surface area contributed by atoms with E-state index in [0.29, 0.717) is 47.1 Å². The highest BCUT2D eigenvalue weighted by molar-refractivity contribution is 7.98. The van der Waals surface area contributed by atoms with E-state index in [2.05, 4.69) is 4.72 Å². The van der Waals surface area contributed by atoms with E-state index < -0.39 is 10.0 Å². The Balaban J connectivity index is 1.66. The highest BCUT2D eigenvalue weighted by Gasteiger charge is 2.24. The van der Waals surface area contributed by atoms with Crippen LogP contribution in [-0.2, 0) is 21.8 Å². The van der Waals surface area contributed by atoms with E-state index in [1.54, 1.807) is 36.2 Å². The Labute approximate surface area is 187 Å². The fourth-order valence-corrected chi connectivity index (χ4v) is 5.93. The molecule has 1 aliphatic heterocycles. The van der Waals surface area contributed by atoms with Gasteiger partial charge in [0.2, 0.25) is 0 Å². The number of hydrogen-bond acceptors (Lipinski definition) is 7. The number of amides is 1. The van der Waals surface area contributed by atoms with Gasteiger partial charge in [-0.05, 0) is 42.7 Å². The van der Waals surface area contributed by atoms with Crippen LogP contribution in [0.25, 0.3) is 10.2 Å². The summed E-state index contributed by atoms with van der Waals surface area (Å²) < 4.78 is 36.1. The van der Waals surface area contributed by atoms with Crippen LogP contribution in [0.15, 0.2) is 51.0 Å². The number of aromatic nitrogens is 1.